The molecule has 2 saturated heterocycles. The molecule has 2 heterocycles. The lowest BCUT2D eigenvalue weighted by Gasteiger charge is -2.53. The number of benzene rings is 1. The normalized spacial score (nSPS) is 32.1. The Balaban J connectivity index is 1.03. The van der Waals surface area contributed by atoms with Gasteiger partial charge in [-0.2, -0.15) is 22.0 Å². The molecular weight excluding hydrogens is 736 g/mol. The molecule has 3 unspecified atom stereocenters. The maximum Gasteiger partial charge on any atom is 0.453 e. The van der Waals surface area contributed by atoms with Crippen LogP contribution in [0.2, 0.25) is 0 Å². The third-order valence-electron chi connectivity index (χ3n) is 14.7. The van der Waals surface area contributed by atoms with E-state index in [2.05, 4.69) is 30.0 Å². The summed E-state index contributed by atoms with van der Waals surface area (Å²) in [7, 11) is 0. The quantitative estimate of drug-likeness (QED) is 0.0988. The first-order valence-corrected chi connectivity index (χ1v) is 23.0. The van der Waals surface area contributed by atoms with Crippen LogP contribution in [0.5, 0.6) is 0 Å². The highest BCUT2D eigenvalue weighted by molar-refractivity contribution is 7.91. The number of unbranched alkanes of at least 4 members (excludes halogenated alkanes) is 6. The van der Waals surface area contributed by atoms with Gasteiger partial charge >= 0.3 is 18.2 Å². The molecule has 4 fully saturated rings. The molecule has 6 rings (SSSR count). The number of halogens is 5. The van der Waals surface area contributed by atoms with Crippen LogP contribution < -0.4 is 0 Å². The Kier molecular flexibility index (Phi) is 14.5. The van der Waals surface area contributed by atoms with E-state index in [4.69, 9.17) is 0 Å². The van der Waals surface area contributed by atoms with Crippen molar-refractivity contribution in [3.8, 4) is 0 Å². The maximum absolute atomic E-state index is 13.1. The summed E-state index contributed by atoms with van der Waals surface area (Å²) >= 11 is -1.38. The molecule has 2 saturated carbocycles. The summed E-state index contributed by atoms with van der Waals surface area (Å²) in [6.45, 7) is 5.13. The number of carboxylic acid groups (broad SMARTS) is 1. The number of nitrogens with zero attached hydrogens (tertiary/aromatic N) is 2. The number of amides is 1. The molecule has 0 radical (unpaired) electrons. The van der Waals surface area contributed by atoms with Gasteiger partial charge in [0.15, 0.2) is 0 Å². The van der Waals surface area contributed by atoms with E-state index >= 15 is 0 Å². The predicted octanol–water partition coefficient (Wildman–Crippen LogP) is 10.6. The SMILES string of the molecule is C[C@]12CC[C@@H]3c4ccc(C5CC(N6CCCCC6)CCN5C(=O)O)cc4C[C@@H](CCCCCCCCC[S+]([O-])CCCC(F)(F)C(F)(F)F)[C@H]3[C@@H]1CC[C@@H]2O. The van der Waals surface area contributed by atoms with Gasteiger partial charge in [0.1, 0.15) is 11.5 Å². The number of likely N-dealkylation sites (tertiary alicyclic amines) is 2. The van der Waals surface area contributed by atoms with E-state index in [0.717, 1.165) is 109 Å². The van der Waals surface area contributed by atoms with Crippen LogP contribution in [0.15, 0.2) is 18.2 Å². The van der Waals surface area contributed by atoms with Gasteiger partial charge in [-0.05, 0) is 142 Å². The molecule has 312 valence electrons. The Morgan fingerprint density at radius 3 is 2.31 bits per heavy atom. The molecule has 1 aromatic rings. The fraction of sp³-hybridized carbons (Fsp3) is 0.837. The van der Waals surface area contributed by atoms with Crippen molar-refractivity contribution in [2.24, 2.45) is 23.2 Å². The Hall–Kier alpha value is -1.63. The predicted molar refractivity (Wildman–Crippen MR) is 207 cm³/mol. The van der Waals surface area contributed by atoms with Crippen LogP contribution in [0.1, 0.15) is 158 Å². The molecule has 2 N–H and O–H groups in total. The van der Waals surface area contributed by atoms with Gasteiger partial charge in [-0.1, -0.05) is 74.8 Å². The lowest BCUT2D eigenvalue weighted by Crippen LogP contribution is -2.49. The van der Waals surface area contributed by atoms with E-state index in [0.29, 0.717) is 48.4 Å². The average molecular weight is 801 g/mol. The number of alkyl halides is 5. The topological polar surface area (TPSA) is 87.1 Å². The van der Waals surface area contributed by atoms with Crippen LogP contribution in [-0.2, 0) is 17.6 Å². The zero-order chi connectivity index (χ0) is 39.4. The number of fused-ring (bicyclic) bond motifs is 5. The number of aliphatic hydroxyl groups is 1. The van der Waals surface area contributed by atoms with E-state index in [-0.39, 0.29) is 23.3 Å². The molecule has 0 bridgehead atoms. The summed E-state index contributed by atoms with van der Waals surface area (Å²) in [4.78, 5) is 16.8. The van der Waals surface area contributed by atoms with Crippen LogP contribution in [0.3, 0.4) is 0 Å². The van der Waals surface area contributed by atoms with Crippen LogP contribution >= 0.6 is 0 Å². The molecule has 0 spiro atoms. The largest absolute Gasteiger partial charge is 0.616 e. The Bertz CT molecular complexity index is 1410. The summed E-state index contributed by atoms with van der Waals surface area (Å²) in [6, 6.07) is 7.25. The highest BCUT2D eigenvalue weighted by Gasteiger charge is 2.57. The van der Waals surface area contributed by atoms with Gasteiger partial charge in [-0.3, -0.25) is 0 Å². The van der Waals surface area contributed by atoms with E-state index in [1.54, 1.807) is 4.90 Å². The molecule has 5 aliphatic rings. The first kappa shape index (κ1) is 43.0. The summed E-state index contributed by atoms with van der Waals surface area (Å²) in [5.74, 6) is -2.45. The zero-order valence-corrected chi connectivity index (χ0v) is 33.7. The lowest BCUT2D eigenvalue weighted by atomic mass is 9.52. The molecule has 9 atom stereocenters. The van der Waals surface area contributed by atoms with E-state index in [1.165, 1.54) is 30.4 Å². The highest BCUT2D eigenvalue weighted by Crippen LogP contribution is 2.63. The van der Waals surface area contributed by atoms with Gasteiger partial charge in [0.2, 0.25) is 0 Å². The third kappa shape index (κ3) is 9.98. The minimum absolute atomic E-state index is 0.0256. The number of hydrogen-bond acceptors (Lipinski definition) is 4. The summed E-state index contributed by atoms with van der Waals surface area (Å²) in [5.41, 5.74) is 3.98. The summed E-state index contributed by atoms with van der Waals surface area (Å²) < 4.78 is 75.4. The van der Waals surface area contributed by atoms with Gasteiger partial charge in [0, 0.05) is 19.0 Å². The second-order valence-electron chi connectivity index (χ2n) is 18.0. The van der Waals surface area contributed by atoms with Crippen molar-refractivity contribution in [2.75, 3.05) is 31.1 Å². The number of aliphatic hydroxyl groups excluding tert-OH is 1. The van der Waals surface area contributed by atoms with E-state index < -0.39 is 42.2 Å². The van der Waals surface area contributed by atoms with Crippen LogP contribution in [0.4, 0.5) is 26.7 Å². The van der Waals surface area contributed by atoms with E-state index in [1.807, 2.05) is 0 Å². The van der Waals surface area contributed by atoms with Crippen LogP contribution in [-0.4, -0.2) is 86.0 Å². The lowest BCUT2D eigenvalue weighted by molar-refractivity contribution is -0.284. The Morgan fingerprint density at radius 1 is 0.909 bits per heavy atom. The smallest absolute Gasteiger partial charge is 0.453 e. The van der Waals surface area contributed by atoms with Crippen molar-refractivity contribution in [3.63, 3.8) is 0 Å². The van der Waals surface area contributed by atoms with Crippen LogP contribution in [0, 0.1) is 23.2 Å². The number of rotatable bonds is 16. The highest BCUT2D eigenvalue weighted by atomic mass is 32.2. The fourth-order valence-corrected chi connectivity index (χ4v) is 12.8. The molecule has 1 aromatic carbocycles. The minimum atomic E-state index is -5.56. The van der Waals surface area contributed by atoms with E-state index in [9.17, 15) is 41.5 Å². The summed E-state index contributed by atoms with van der Waals surface area (Å²) in [5, 5.41) is 21.4. The monoisotopic (exact) mass is 800 g/mol. The third-order valence-corrected chi connectivity index (χ3v) is 16.2. The zero-order valence-electron chi connectivity index (χ0n) is 32.9. The Morgan fingerprint density at radius 2 is 1.60 bits per heavy atom. The first-order chi connectivity index (χ1) is 26.2. The standard InChI is InChI=1S/C43H65F5N2O4S/c1-41-21-18-35-34-15-14-30(37-29-33(19-24-50(37)40(52)53)49-22-9-7-10-23-49)27-32(34)28-31(39(35)36(41)16-17-38(41)51)13-8-5-3-2-4-6-11-25-55(54)26-12-20-42(44,45)43(46,47)48/h14-15,27,31,33,35-39,51H,2-13,16-26,28-29H2,1H3,(H,52,53)/t31-,33?,35-,36+,37?,38+,39-,41+,55?/m1/s1. The van der Waals surface area contributed by atoms with Gasteiger partial charge in [-0.15, -0.1) is 0 Å². The number of carbonyl (C=O) groups is 1. The van der Waals surface area contributed by atoms with Crippen molar-refractivity contribution in [2.45, 2.75) is 172 Å². The second kappa shape index (κ2) is 18.5. The molecule has 6 nitrogen and oxygen atoms in total. The summed E-state index contributed by atoms with van der Waals surface area (Å²) in [6.07, 6.45) is 10.3. The van der Waals surface area contributed by atoms with Crippen molar-refractivity contribution in [1.29, 1.82) is 0 Å². The first-order valence-electron chi connectivity index (χ1n) is 21.5. The average Bonchev–Trinajstić information content (AvgIpc) is 3.46. The molecular formula is C43H65F5N2O4S. The van der Waals surface area contributed by atoms with Crippen molar-refractivity contribution >= 4 is 17.3 Å². The maximum atomic E-state index is 13.1. The molecule has 3 aliphatic carbocycles. The number of hydrogen-bond donors (Lipinski definition) is 2. The minimum Gasteiger partial charge on any atom is -0.616 e. The molecule has 12 heteroatoms. The van der Waals surface area contributed by atoms with Gasteiger partial charge in [-0.25, -0.2) is 4.79 Å². The van der Waals surface area contributed by atoms with Gasteiger partial charge in [0.05, 0.1) is 12.1 Å². The van der Waals surface area contributed by atoms with Crippen molar-refractivity contribution < 1.29 is 41.5 Å². The molecule has 55 heavy (non-hydrogen) atoms. The second-order valence-corrected chi connectivity index (χ2v) is 19.7. The van der Waals surface area contributed by atoms with Crippen LogP contribution in [0.25, 0.3) is 0 Å². The molecule has 0 aromatic heterocycles. The fourth-order valence-electron chi connectivity index (χ4n) is 11.6. The number of piperidine rings is 2. The van der Waals surface area contributed by atoms with Gasteiger partial charge < -0.3 is 24.6 Å². The molecule has 2 aliphatic heterocycles. The Labute approximate surface area is 328 Å². The van der Waals surface area contributed by atoms with Gasteiger partial charge in [0.25, 0.3) is 0 Å². The van der Waals surface area contributed by atoms with Crippen molar-refractivity contribution in [1.82, 2.24) is 9.80 Å². The van der Waals surface area contributed by atoms with Crippen molar-refractivity contribution in [3.05, 3.63) is 34.9 Å². The molecule has 1 amide bonds.